The van der Waals surface area contributed by atoms with E-state index in [9.17, 15) is 4.39 Å². The van der Waals surface area contributed by atoms with Crippen LogP contribution in [0.4, 0.5) is 10.1 Å². The van der Waals surface area contributed by atoms with E-state index in [1.807, 2.05) is 31.6 Å². The molecule has 0 atom stereocenters. The number of piperazine rings is 1. The van der Waals surface area contributed by atoms with Crippen molar-refractivity contribution in [2.24, 2.45) is 0 Å². The fourth-order valence-electron chi connectivity index (χ4n) is 3.78. The normalized spacial score (nSPS) is 15.6. The zero-order valence-electron chi connectivity index (χ0n) is 16.0. The fourth-order valence-corrected chi connectivity index (χ4v) is 3.78. The maximum absolute atomic E-state index is 14.4. The third-order valence-corrected chi connectivity index (χ3v) is 5.38. The number of halogens is 1. The van der Waals surface area contributed by atoms with Gasteiger partial charge in [0.1, 0.15) is 18.1 Å². The summed E-state index contributed by atoms with van der Waals surface area (Å²) in [7, 11) is 2.15. The van der Waals surface area contributed by atoms with Crippen molar-refractivity contribution in [2.75, 3.05) is 38.1 Å². The number of hydrogen-bond donors (Lipinski definition) is 1. The number of hydrogen-bond acceptors (Lipinski definition) is 4. The van der Waals surface area contributed by atoms with Gasteiger partial charge in [0.25, 0.3) is 0 Å². The summed E-state index contributed by atoms with van der Waals surface area (Å²) in [6.45, 7) is 6.08. The summed E-state index contributed by atoms with van der Waals surface area (Å²) >= 11 is 0. The average molecular weight is 377 g/mol. The highest BCUT2D eigenvalue weighted by Crippen LogP contribution is 2.24. The molecular formula is C21H22FN6+. The smallest absolute Gasteiger partial charge is 0.320 e. The van der Waals surface area contributed by atoms with Crippen molar-refractivity contribution < 1.29 is 8.79 Å². The van der Waals surface area contributed by atoms with Crippen molar-refractivity contribution in [3.63, 3.8) is 0 Å². The van der Waals surface area contributed by atoms with Gasteiger partial charge < -0.3 is 9.80 Å². The molecule has 0 aliphatic carbocycles. The van der Waals surface area contributed by atoms with Crippen LogP contribution in [0, 0.1) is 12.7 Å². The molecule has 1 N–H and O–H groups in total. The topological polar surface area (TPSA) is 52.2 Å². The first-order valence-corrected chi connectivity index (χ1v) is 9.48. The molecule has 0 amide bonds. The Morgan fingerprint density at radius 3 is 2.75 bits per heavy atom. The second kappa shape index (κ2) is 6.53. The van der Waals surface area contributed by atoms with Gasteiger partial charge in [0, 0.05) is 50.4 Å². The molecule has 0 radical (unpaired) electrons. The highest BCUT2D eigenvalue weighted by Gasteiger charge is 2.17. The first-order valence-electron chi connectivity index (χ1n) is 9.48. The second-order valence-corrected chi connectivity index (χ2v) is 7.50. The number of rotatable bonds is 2. The van der Waals surface area contributed by atoms with Crippen molar-refractivity contribution in [3.05, 3.63) is 54.4 Å². The summed E-state index contributed by atoms with van der Waals surface area (Å²) in [5.41, 5.74) is 4.05. The van der Waals surface area contributed by atoms with E-state index in [0.29, 0.717) is 17.0 Å². The summed E-state index contributed by atoms with van der Waals surface area (Å²) in [6.07, 6.45) is 5.53. The lowest BCUT2D eigenvalue weighted by Crippen LogP contribution is -2.44. The lowest BCUT2D eigenvalue weighted by atomic mass is 10.2. The van der Waals surface area contributed by atoms with Crippen LogP contribution in [-0.4, -0.2) is 53.1 Å². The summed E-state index contributed by atoms with van der Waals surface area (Å²) in [5.74, 6) is 0.201. The van der Waals surface area contributed by atoms with Gasteiger partial charge in [-0.15, -0.1) is 0 Å². The monoisotopic (exact) mass is 377 g/mol. The van der Waals surface area contributed by atoms with Crippen molar-refractivity contribution in [2.45, 2.75) is 6.92 Å². The number of anilines is 1. The molecule has 142 valence electrons. The van der Waals surface area contributed by atoms with Gasteiger partial charge in [-0.2, -0.15) is 8.79 Å². The van der Waals surface area contributed by atoms with Crippen LogP contribution >= 0.6 is 0 Å². The summed E-state index contributed by atoms with van der Waals surface area (Å²) in [6, 6.07) is 7.75. The van der Waals surface area contributed by atoms with Gasteiger partial charge in [-0.25, -0.2) is 15.0 Å². The van der Waals surface area contributed by atoms with E-state index in [0.717, 1.165) is 42.8 Å². The van der Waals surface area contributed by atoms with E-state index < -0.39 is 0 Å². The lowest BCUT2D eigenvalue weighted by Gasteiger charge is -2.34. The van der Waals surface area contributed by atoms with Crippen LogP contribution in [0.2, 0.25) is 0 Å². The molecule has 1 fully saturated rings. The molecule has 5 rings (SSSR count). The Hall–Kier alpha value is -3.06. The van der Waals surface area contributed by atoms with Crippen LogP contribution in [0.15, 0.2) is 42.9 Å². The Bertz CT molecular complexity index is 1180. The maximum atomic E-state index is 14.4. The van der Waals surface area contributed by atoms with Crippen molar-refractivity contribution in [1.29, 1.82) is 0 Å². The highest BCUT2D eigenvalue weighted by molar-refractivity contribution is 5.83. The molecule has 6 nitrogen and oxygen atoms in total. The summed E-state index contributed by atoms with van der Waals surface area (Å²) in [5, 5.41) is 0.992. The number of aromatic nitrogens is 4. The molecule has 1 saturated heterocycles. The van der Waals surface area contributed by atoms with E-state index >= 15 is 0 Å². The van der Waals surface area contributed by atoms with Crippen molar-refractivity contribution >= 4 is 22.2 Å². The molecule has 1 aromatic carbocycles. The quantitative estimate of drug-likeness (QED) is 0.546. The van der Waals surface area contributed by atoms with Gasteiger partial charge in [-0.05, 0) is 31.3 Å². The van der Waals surface area contributed by atoms with Crippen LogP contribution in [-0.2, 0) is 0 Å². The zero-order chi connectivity index (χ0) is 19.3. The van der Waals surface area contributed by atoms with Crippen LogP contribution in [0.5, 0.6) is 0 Å². The Morgan fingerprint density at radius 2 is 1.93 bits per heavy atom. The van der Waals surface area contributed by atoms with Crippen LogP contribution in [0.3, 0.4) is 0 Å². The molecule has 1 aliphatic heterocycles. The number of nitrogens with zero attached hydrogens (tertiary/aromatic N) is 5. The number of likely N-dealkylation sites (N-methyl/N-ethyl adjacent to an activating group) is 1. The number of benzene rings is 1. The number of aryl methyl sites for hydroxylation is 1. The Morgan fingerprint density at radius 1 is 1.11 bits per heavy atom. The number of pyridine rings is 1. The molecule has 28 heavy (non-hydrogen) atoms. The van der Waals surface area contributed by atoms with Crippen molar-refractivity contribution in [3.8, 4) is 11.4 Å². The molecule has 0 saturated carbocycles. The van der Waals surface area contributed by atoms with E-state index in [4.69, 9.17) is 0 Å². The van der Waals surface area contributed by atoms with Crippen LogP contribution < -0.4 is 9.30 Å². The van der Waals surface area contributed by atoms with E-state index in [1.54, 1.807) is 4.40 Å². The number of nitrogens with one attached hydrogen (secondary N) is 1. The third kappa shape index (κ3) is 2.97. The fraction of sp³-hybridized carbons (Fsp3) is 0.286. The predicted octanol–water partition coefficient (Wildman–Crippen LogP) is 2.56. The number of aromatic amines is 1. The van der Waals surface area contributed by atoms with Gasteiger partial charge in [-0.3, -0.25) is 0 Å². The first-order chi connectivity index (χ1) is 13.6. The lowest BCUT2D eigenvalue weighted by molar-refractivity contribution is -0.511. The minimum absolute atomic E-state index is 0.320. The van der Waals surface area contributed by atoms with Gasteiger partial charge in [0.15, 0.2) is 5.82 Å². The minimum Gasteiger partial charge on any atom is -0.369 e. The molecular weight excluding hydrogens is 355 g/mol. The van der Waals surface area contributed by atoms with Crippen molar-refractivity contribution in [1.82, 2.24) is 19.9 Å². The summed E-state index contributed by atoms with van der Waals surface area (Å²) in [4.78, 5) is 16.9. The zero-order valence-corrected chi connectivity index (χ0v) is 16.0. The molecule has 4 aromatic rings. The molecule has 7 heteroatoms. The van der Waals surface area contributed by atoms with Gasteiger partial charge >= 0.3 is 5.65 Å². The van der Waals surface area contributed by atoms with Crippen LogP contribution in [0.1, 0.15) is 5.69 Å². The number of fused-ring (bicyclic) bond motifs is 2. The van der Waals surface area contributed by atoms with E-state index in [-0.39, 0.29) is 5.82 Å². The van der Waals surface area contributed by atoms with E-state index in [2.05, 4.69) is 43.9 Å². The van der Waals surface area contributed by atoms with E-state index in [1.165, 1.54) is 11.8 Å². The molecule has 1 aliphatic rings. The standard InChI is InChI=1S/C21H21FN6/c1-14-12-28-13-16(10-18(22)21(28)24-14)20-23-11-15-9-17(3-4-19(15)25-20)27-7-5-26(2)6-8-27/h3-4,9-13H,5-8H2,1-2H3/p+1. The Balaban J connectivity index is 1.51. The van der Waals surface area contributed by atoms with Gasteiger partial charge in [0.2, 0.25) is 5.82 Å². The molecule has 0 spiro atoms. The van der Waals surface area contributed by atoms with Gasteiger partial charge in [0.05, 0.1) is 11.1 Å². The average Bonchev–Trinajstić information content (AvgIpc) is 3.08. The number of imidazole rings is 1. The number of H-pyrrole nitrogens is 1. The highest BCUT2D eigenvalue weighted by atomic mass is 19.1. The third-order valence-electron chi connectivity index (χ3n) is 5.38. The Kier molecular flexibility index (Phi) is 3.98. The SMILES string of the molecule is Cc1c[n+]2cc(-c3ncc4cc(N5CCN(C)CC5)ccc4n3)cc(F)c2[nH]1. The minimum atomic E-state index is -0.320. The molecule has 0 unspecified atom stereocenters. The molecule has 4 heterocycles. The predicted molar refractivity (Wildman–Crippen MR) is 107 cm³/mol. The molecule has 3 aromatic heterocycles. The Labute approximate surface area is 162 Å². The summed E-state index contributed by atoms with van der Waals surface area (Å²) < 4.78 is 16.2. The molecule has 0 bridgehead atoms. The maximum Gasteiger partial charge on any atom is 0.320 e. The first kappa shape index (κ1) is 17.1. The largest absolute Gasteiger partial charge is 0.369 e. The van der Waals surface area contributed by atoms with Gasteiger partial charge in [-0.1, -0.05) is 0 Å². The van der Waals surface area contributed by atoms with Crippen LogP contribution in [0.25, 0.3) is 27.9 Å². The second-order valence-electron chi connectivity index (χ2n) is 7.50.